The summed E-state index contributed by atoms with van der Waals surface area (Å²) in [4.78, 5) is 2.33. The second-order valence-electron chi connectivity index (χ2n) is 4.00. The fraction of sp³-hybridized carbons (Fsp3) is 0.200. The van der Waals surface area contributed by atoms with Gasteiger partial charge < -0.3 is 0 Å². The monoisotopic (exact) mass is 280 g/mol. The molecule has 0 aliphatic rings. The average Bonchev–Trinajstić information content (AvgIpc) is 2.85. The SMILES string of the molecule is CCC(=Cc1ccc(-c2ccc(F)cc2)s1)CCl. The van der Waals surface area contributed by atoms with Gasteiger partial charge in [0.15, 0.2) is 0 Å². The first-order chi connectivity index (χ1) is 8.72. The minimum atomic E-state index is -0.203. The second kappa shape index (κ2) is 6.17. The average molecular weight is 281 g/mol. The van der Waals surface area contributed by atoms with E-state index in [0.717, 1.165) is 16.9 Å². The number of hydrogen-bond donors (Lipinski definition) is 0. The lowest BCUT2D eigenvalue weighted by molar-refractivity contribution is 0.628. The molecule has 0 saturated heterocycles. The first-order valence-electron chi connectivity index (χ1n) is 5.84. The summed E-state index contributed by atoms with van der Waals surface area (Å²) in [5.74, 6) is 0.367. The van der Waals surface area contributed by atoms with Gasteiger partial charge in [-0.05, 0) is 42.3 Å². The lowest BCUT2D eigenvalue weighted by atomic mass is 10.2. The fourth-order valence-electron chi connectivity index (χ4n) is 1.64. The quantitative estimate of drug-likeness (QED) is 0.641. The van der Waals surface area contributed by atoms with Gasteiger partial charge in [-0.2, -0.15) is 0 Å². The molecule has 0 saturated carbocycles. The lowest BCUT2D eigenvalue weighted by Crippen LogP contribution is -1.79. The molecular formula is C15H14ClFS. The van der Waals surface area contributed by atoms with Gasteiger partial charge in [-0.3, -0.25) is 0 Å². The van der Waals surface area contributed by atoms with Crippen LogP contribution in [0, 0.1) is 5.82 Å². The Morgan fingerprint density at radius 3 is 2.56 bits per heavy atom. The van der Waals surface area contributed by atoms with E-state index in [2.05, 4.69) is 25.1 Å². The molecular weight excluding hydrogens is 267 g/mol. The summed E-state index contributed by atoms with van der Waals surface area (Å²) in [5.41, 5.74) is 2.27. The first-order valence-corrected chi connectivity index (χ1v) is 7.19. The van der Waals surface area contributed by atoms with Crippen LogP contribution in [0.25, 0.3) is 16.5 Å². The van der Waals surface area contributed by atoms with Crippen LogP contribution in [0.5, 0.6) is 0 Å². The van der Waals surface area contributed by atoms with Gasteiger partial charge in [-0.1, -0.05) is 24.6 Å². The number of allylic oxidation sites excluding steroid dienone is 1. The van der Waals surface area contributed by atoms with Gasteiger partial charge in [-0.25, -0.2) is 4.39 Å². The van der Waals surface area contributed by atoms with E-state index in [4.69, 9.17) is 11.6 Å². The Balaban J connectivity index is 2.25. The molecule has 1 heterocycles. The van der Waals surface area contributed by atoms with Gasteiger partial charge in [0.2, 0.25) is 0 Å². The van der Waals surface area contributed by atoms with Crippen LogP contribution >= 0.6 is 22.9 Å². The third kappa shape index (κ3) is 3.21. The molecule has 2 rings (SSSR count). The predicted molar refractivity (Wildman–Crippen MR) is 78.7 cm³/mol. The Morgan fingerprint density at radius 1 is 1.22 bits per heavy atom. The standard InChI is InChI=1S/C15H14ClFS/c1-2-11(10-16)9-14-7-8-15(18-14)12-3-5-13(17)6-4-12/h3-9H,2,10H2,1H3. The molecule has 3 heteroatoms. The molecule has 1 aromatic carbocycles. The van der Waals surface area contributed by atoms with E-state index in [-0.39, 0.29) is 5.82 Å². The van der Waals surface area contributed by atoms with E-state index >= 15 is 0 Å². The fourth-order valence-corrected chi connectivity index (χ4v) is 2.91. The van der Waals surface area contributed by atoms with E-state index in [1.165, 1.54) is 22.6 Å². The summed E-state index contributed by atoms with van der Waals surface area (Å²) in [6.45, 7) is 2.10. The molecule has 0 radical (unpaired) electrons. The number of alkyl halides is 1. The largest absolute Gasteiger partial charge is 0.207 e. The predicted octanol–water partition coefficient (Wildman–Crippen LogP) is 5.59. The Hall–Kier alpha value is -1.12. The number of thiophene rings is 1. The summed E-state index contributed by atoms with van der Waals surface area (Å²) >= 11 is 7.55. The van der Waals surface area contributed by atoms with E-state index in [1.807, 2.05) is 0 Å². The molecule has 94 valence electrons. The van der Waals surface area contributed by atoms with Gasteiger partial charge in [-0.15, -0.1) is 22.9 Å². The first kappa shape index (κ1) is 13.3. The van der Waals surface area contributed by atoms with Crippen molar-refractivity contribution < 1.29 is 4.39 Å². The maximum absolute atomic E-state index is 12.9. The van der Waals surface area contributed by atoms with Crippen molar-refractivity contribution in [3.63, 3.8) is 0 Å². The van der Waals surface area contributed by atoms with Crippen LogP contribution in [-0.2, 0) is 0 Å². The van der Waals surface area contributed by atoms with Crippen LogP contribution in [0.4, 0.5) is 4.39 Å². The topological polar surface area (TPSA) is 0 Å². The molecule has 2 aromatic rings. The van der Waals surface area contributed by atoms with Gasteiger partial charge in [0.1, 0.15) is 5.82 Å². The van der Waals surface area contributed by atoms with Gasteiger partial charge in [0.05, 0.1) is 0 Å². The number of halogens is 2. The molecule has 0 spiro atoms. The minimum Gasteiger partial charge on any atom is -0.207 e. The molecule has 0 aliphatic carbocycles. The molecule has 0 bridgehead atoms. The van der Waals surface area contributed by atoms with Crippen molar-refractivity contribution in [2.75, 3.05) is 5.88 Å². The van der Waals surface area contributed by atoms with Crippen LogP contribution in [0.3, 0.4) is 0 Å². The molecule has 0 nitrogen and oxygen atoms in total. The maximum atomic E-state index is 12.9. The van der Waals surface area contributed by atoms with E-state index in [0.29, 0.717) is 5.88 Å². The zero-order chi connectivity index (χ0) is 13.0. The normalized spacial score (nSPS) is 11.8. The molecule has 0 unspecified atom stereocenters. The van der Waals surface area contributed by atoms with Crippen LogP contribution in [0.15, 0.2) is 42.0 Å². The maximum Gasteiger partial charge on any atom is 0.123 e. The minimum absolute atomic E-state index is 0.203. The number of benzene rings is 1. The van der Waals surface area contributed by atoms with Crippen molar-refractivity contribution >= 4 is 29.0 Å². The number of rotatable bonds is 4. The van der Waals surface area contributed by atoms with Crippen molar-refractivity contribution in [3.05, 3.63) is 52.7 Å². The zero-order valence-electron chi connectivity index (χ0n) is 10.1. The van der Waals surface area contributed by atoms with Gasteiger partial charge in [0.25, 0.3) is 0 Å². The Morgan fingerprint density at radius 2 is 1.94 bits per heavy atom. The van der Waals surface area contributed by atoms with Crippen molar-refractivity contribution in [1.29, 1.82) is 0 Å². The molecule has 0 amide bonds. The summed E-state index contributed by atoms with van der Waals surface area (Å²) in [6, 6.07) is 10.7. The third-order valence-electron chi connectivity index (χ3n) is 2.73. The number of hydrogen-bond acceptors (Lipinski definition) is 1. The van der Waals surface area contributed by atoms with Crippen molar-refractivity contribution in [3.8, 4) is 10.4 Å². The van der Waals surface area contributed by atoms with Crippen molar-refractivity contribution in [2.24, 2.45) is 0 Å². The molecule has 0 aliphatic heterocycles. The van der Waals surface area contributed by atoms with Gasteiger partial charge in [0, 0.05) is 15.6 Å². The van der Waals surface area contributed by atoms with Crippen LogP contribution < -0.4 is 0 Å². The summed E-state index contributed by atoms with van der Waals surface area (Å²) in [7, 11) is 0. The molecule has 1 aromatic heterocycles. The highest BCUT2D eigenvalue weighted by molar-refractivity contribution is 7.16. The second-order valence-corrected chi connectivity index (χ2v) is 5.38. The Labute approximate surface area is 116 Å². The van der Waals surface area contributed by atoms with Crippen molar-refractivity contribution in [2.45, 2.75) is 13.3 Å². The van der Waals surface area contributed by atoms with E-state index < -0.39 is 0 Å². The van der Waals surface area contributed by atoms with Crippen LogP contribution in [0.2, 0.25) is 0 Å². The summed E-state index contributed by atoms with van der Waals surface area (Å²) < 4.78 is 12.9. The Bertz CT molecular complexity index is 534. The third-order valence-corrected chi connectivity index (χ3v) is 4.15. The highest BCUT2D eigenvalue weighted by Crippen LogP contribution is 2.29. The smallest absolute Gasteiger partial charge is 0.123 e. The Kier molecular flexibility index (Phi) is 4.56. The molecule has 0 N–H and O–H groups in total. The van der Waals surface area contributed by atoms with Crippen LogP contribution in [-0.4, -0.2) is 5.88 Å². The van der Waals surface area contributed by atoms with Crippen molar-refractivity contribution in [1.82, 2.24) is 0 Å². The zero-order valence-corrected chi connectivity index (χ0v) is 11.7. The molecule has 18 heavy (non-hydrogen) atoms. The summed E-state index contributed by atoms with van der Waals surface area (Å²) in [5, 5.41) is 0. The van der Waals surface area contributed by atoms with Gasteiger partial charge >= 0.3 is 0 Å². The summed E-state index contributed by atoms with van der Waals surface area (Å²) in [6.07, 6.45) is 3.10. The highest BCUT2D eigenvalue weighted by atomic mass is 35.5. The van der Waals surface area contributed by atoms with E-state index in [9.17, 15) is 4.39 Å². The lowest BCUT2D eigenvalue weighted by Gasteiger charge is -1.97. The molecule has 0 fully saturated rings. The molecule has 0 atom stereocenters. The van der Waals surface area contributed by atoms with E-state index in [1.54, 1.807) is 23.5 Å². The highest BCUT2D eigenvalue weighted by Gasteiger charge is 2.02. The van der Waals surface area contributed by atoms with Crippen LogP contribution in [0.1, 0.15) is 18.2 Å².